The van der Waals surface area contributed by atoms with Gasteiger partial charge in [-0.05, 0) is 99.9 Å². The maximum Gasteiger partial charge on any atom is 0.458 e. The molecule has 0 aliphatic carbocycles. The monoisotopic (exact) mass is 896 g/mol. The average Bonchev–Trinajstić information content (AvgIpc) is 3.27. The second-order valence-corrected chi connectivity index (χ2v) is 16.1. The Hall–Kier alpha value is -6.29. The zero-order valence-electron chi connectivity index (χ0n) is 36.0. The van der Waals surface area contributed by atoms with E-state index in [1.807, 2.05) is 51.1 Å². The lowest BCUT2D eigenvalue weighted by Gasteiger charge is -2.34. The van der Waals surface area contributed by atoms with Crippen molar-refractivity contribution in [3.8, 4) is 22.9 Å². The van der Waals surface area contributed by atoms with Crippen LogP contribution in [0.2, 0.25) is 0 Å². The van der Waals surface area contributed by atoms with Crippen molar-refractivity contribution >= 4 is 35.0 Å². The zero-order chi connectivity index (χ0) is 46.8. The van der Waals surface area contributed by atoms with E-state index in [0.29, 0.717) is 18.0 Å². The maximum absolute atomic E-state index is 13.5. The number of anilines is 3. The SMILES string of the molecule is CCc1c(NC[C@H](NCc2ccc(OC)c(-c3ccc(C#N)cc3)c2)C(=O)OC(C)(C)C)ncnc1N1CCC(c2ccc3c(n2)NCCC3)CC1.O=C(C(=O)C(F)(F)F)C(F)(F)F. The number of carbonyl (C=O) groups is 3. The lowest BCUT2D eigenvalue weighted by molar-refractivity contribution is -0.193. The van der Waals surface area contributed by atoms with Crippen molar-refractivity contribution in [2.75, 3.05) is 48.8 Å². The van der Waals surface area contributed by atoms with E-state index < -0.39 is 35.6 Å². The van der Waals surface area contributed by atoms with Crippen molar-refractivity contribution in [1.82, 2.24) is 20.3 Å². The van der Waals surface area contributed by atoms with Gasteiger partial charge in [0.1, 0.15) is 41.2 Å². The highest BCUT2D eigenvalue weighted by Gasteiger charge is 2.54. The molecule has 2 aromatic heterocycles. The van der Waals surface area contributed by atoms with Gasteiger partial charge in [-0.1, -0.05) is 31.2 Å². The van der Waals surface area contributed by atoms with Gasteiger partial charge in [0.15, 0.2) is 0 Å². The van der Waals surface area contributed by atoms with Crippen LogP contribution in [0.4, 0.5) is 43.8 Å². The largest absolute Gasteiger partial charge is 0.496 e. The molecule has 1 fully saturated rings. The van der Waals surface area contributed by atoms with Crippen molar-refractivity contribution in [3.63, 3.8) is 0 Å². The van der Waals surface area contributed by atoms with Gasteiger partial charge >= 0.3 is 29.9 Å². The number of esters is 1. The fraction of sp³-hybridized carbons (Fsp3) is 0.444. The molecule has 4 heterocycles. The van der Waals surface area contributed by atoms with E-state index in [4.69, 9.17) is 19.4 Å². The van der Waals surface area contributed by atoms with E-state index in [9.17, 15) is 46.0 Å². The molecule has 1 saturated heterocycles. The standard InChI is InChI=1S/C41H50N8O3.C4F6O2/c1-6-32-38(46-26-47-39(32)49-20-17-30(18-21-49)34-15-14-31-8-7-19-43-37(31)48-34)45-25-35(40(50)52-41(2,3)4)44-24-28-11-16-36(51-5)33(22-28)29-12-9-27(23-42)10-13-29;5-3(6,7)1(11)2(12)4(8,9)10/h9-16,22,26,30,35,44H,6-8,17-21,24-25H2,1-5H3,(H,43,48)(H,45,46,47);/t35-;/m0./s1. The zero-order valence-corrected chi connectivity index (χ0v) is 36.0. The first-order valence-electron chi connectivity index (χ1n) is 20.6. The van der Waals surface area contributed by atoms with Crippen molar-refractivity contribution in [2.24, 2.45) is 0 Å². The third-order valence-electron chi connectivity index (χ3n) is 10.4. The molecule has 2 aromatic carbocycles. The van der Waals surface area contributed by atoms with Gasteiger partial charge in [-0.3, -0.25) is 19.7 Å². The van der Waals surface area contributed by atoms with Crippen LogP contribution in [0.3, 0.4) is 0 Å². The number of hydrogen-bond acceptors (Lipinski definition) is 13. The summed E-state index contributed by atoms with van der Waals surface area (Å²) in [6.45, 7) is 11.2. The molecule has 0 bridgehead atoms. The third-order valence-corrected chi connectivity index (χ3v) is 10.4. The molecule has 2 aliphatic rings. The summed E-state index contributed by atoms with van der Waals surface area (Å²) in [7, 11) is 1.64. The smallest absolute Gasteiger partial charge is 0.458 e. The molecule has 6 rings (SSSR count). The average molecular weight is 897 g/mol. The predicted octanol–water partition coefficient (Wildman–Crippen LogP) is 7.88. The van der Waals surface area contributed by atoms with Gasteiger partial charge in [0, 0.05) is 55.5 Å². The van der Waals surface area contributed by atoms with Crippen LogP contribution in [0.25, 0.3) is 11.1 Å². The van der Waals surface area contributed by atoms with Gasteiger partial charge in [0.2, 0.25) is 0 Å². The van der Waals surface area contributed by atoms with Gasteiger partial charge in [0.05, 0.1) is 18.7 Å². The molecule has 19 heteroatoms. The summed E-state index contributed by atoms with van der Waals surface area (Å²) in [6.07, 6.45) is -4.93. The molecule has 0 radical (unpaired) electrons. The molecule has 64 heavy (non-hydrogen) atoms. The minimum Gasteiger partial charge on any atom is -0.496 e. The lowest BCUT2D eigenvalue weighted by Crippen LogP contribution is -2.45. The molecule has 3 N–H and O–H groups in total. The number of ketones is 2. The first kappa shape index (κ1) is 48.7. The highest BCUT2D eigenvalue weighted by molar-refractivity contribution is 6.41. The molecule has 2 aliphatic heterocycles. The summed E-state index contributed by atoms with van der Waals surface area (Å²) < 4.78 is 78.4. The van der Waals surface area contributed by atoms with Crippen LogP contribution in [0.1, 0.15) is 80.8 Å². The number of rotatable bonds is 13. The summed E-state index contributed by atoms with van der Waals surface area (Å²) in [6, 6.07) is 19.3. The molecule has 0 amide bonds. The molecule has 0 saturated carbocycles. The highest BCUT2D eigenvalue weighted by Crippen LogP contribution is 2.34. The number of benzene rings is 2. The Morgan fingerprint density at radius 3 is 2.22 bits per heavy atom. The van der Waals surface area contributed by atoms with Crippen molar-refractivity contribution in [3.05, 3.63) is 88.9 Å². The number of piperidine rings is 1. The number of nitrogens with one attached hydrogen (secondary N) is 3. The Bertz CT molecular complexity index is 2290. The Balaban J connectivity index is 0.000000562. The number of aromatic nitrogens is 3. The number of carbonyl (C=O) groups excluding carboxylic acids is 3. The summed E-state index contributed by atoms with van der Waals surface area (Å²) in [5.74, 6) is -3.30. The Labute approximate surface area is 367 Å². The van der Waals surface area contributed by atoms with Gasteiger partial charge in [-0.15, -0.1) is 0 Å². The number of halogens is 6. The summed E-state index contributed by atoms with van der Waals surface area (Å²) >= 11 is 0. The minimum atomic E-state index is -5.77. The molecule has 342 valence electrons. The Morgan fingerprint density at radius 1 is 0.953 bits per heavy atom. The van der Waals surface area contributed by atoms with Gasteiger partial charge in [-0.25, -0.2) is 15.0 Å². The maximum atomic E-state index is 13.5. The van der Waals surface area contributed by atoms with Crippen LogP contribution >= 0.6 is 0 Å². The van der Waals surface area contributed by atoms with E-state index in [-0.39, 0.29) is 12.5 Å². The summed E-state index contributed by atoms with van der Waals surface area (Å²) in [4.78, 5) is 49.5. The predicted molar refractivity (Wildman–Crippen MR) is 227 cm³/mol. The van der Waals surface area contributed by atoms with E-state index in [2.05, 4.69) is 51.0 Å². The number of alkyl halides is 6. The molecule has 0 spiro atoms. The first-order valence-corrected chi connectivity index (χ1v) is 20.6. The van der Waals surface area contributed by atoms with E-state index in [0.717, 1.165) is 97.2 Å². The minimum absolute atomic E-state index is 0.275. The fourth-order valence-electron chi connectivity index (χ4n) is 7.24. The molecular weight excluding hydrogens is 847 g/mol. The fourth-order valence-corrected chi connectivity index (χ4v) is 7.24. The van der Waals surface area contributed by atoms with Crippen LogP contribution in [0.15, 0.2) is 60.9 Å². The topological polar surface area (TPSA) is 171 Å². The number of pyridine rings is 1. The second kappa shape index (κ2) is 20.9. The number of Topliss-reactive ketones (excluding diaryl/α,β-unsaturated/α-hetero) is 2. The van der Waals surface area contributed by atoms with Gasteiger partial charge in [-0.2, -0.15) is 31.6 Å². The summed E-state index contributed by atoms with van der Waals surface area (Å²) in [5, 5.41) is 19.6. The summed E-state index contributed by atoms with van der Waals surface area (Å²) in [5.41, 5.74) is 6.28. The molecule has 0 unspecified atom stereocenters. The second-order valence-electron chi connectivity index (χ2n) is 16.1. The van der Waals surface area contributed by atoms with Crippen molar-refractivity contribution in [1.29, 1.82) is 5.26 Å². The number of ether oxygens (including phenoxy) is 2. The van der Waals surface area contributed by atoms with Crippen LogP contribution in [0.5, 0.6) is 5.75 Å². The van der Waals surface area contributed by atoms with Crippen molar-refractivity contribution in [2.45, 2.75) is 96.3 Å². The molecule has 13 nitrogen and oxygen atoms in total. The lowest BCUT2D eigenvalue weighted by atomic mass is 9.92. The Morgan fingerprint density at radius 2 is 1.62 bits per heavy atom. The molecule has 4 aromatic rings. The van der Waals surface area contributed by atoms with Crippen LogP contribution in [-0.4, -0.2) is 89.8 Å². The highest BCUT2D eigenvalue weighted by atomic mass is 19.4. The normalized spacial score (nSPS) is 14.8. The first-order chi connectivity index (χ1) is 30.2. The number of hydrogen-bond donors (Lipinski definition) is 3. The number of methoxy groups -OCH3 is 1. The van der Waals surface area contributed by atoms with Crippen LogP contribution < -0.4 is 25.6 Å². The number of nitriles is 1. The Kier molecular flexibility index (Phi) is 15.9. The third kappa shape index (κ3) is 12.9. The quantitative estimate of drug-likeness (QED) is 0.0673. The van der Waals surface area contributed by atoms with Crippen molar-refractivity contribution < 1.29 is 50.2 Å². The van der Waals surface area contributed by atoms with Crippen LogP contribution in [0, 0.1) is 11.3 Å². The number of aryl methyl sites for hydroxylation is 1. The molecular formula is C45H50F6N8O5. The number of fused-ring (bicyclic) bond motifs is 1. The van der Waals surface area contributed by atoms with E-state index in [1.54, 1.807) is 25.6 Å². The molecule has 1 atom stereocenters. The van der Waals surface area contributed by atoms with Gasteiger partial charge < -0.3 is 25.0 Å². The van der Waals surface area contributed by atoms with Gasteiger partial charge in [0.25, 0.3) is 0 Å². The number of nitrogens with zero attached hydrogens (tertiary/aromatic N) is 5. The van der Waals surface area contributed by atoms with E-state index >= 15 is 0 Å². The van der Waals surface area contributed by atoms with E-state index in [1.165, 1.54) is 11.3 Å². The van der Waals surface area contributed by atoms with Crippen LogP contribution in [-0.2, 0) is 38.5 Å².